The molecule has 0 aromatic carbocycles. The molecule has 0 unspecified atom stereocenters. The number of nitrogens with one attached hydrogen (secondary N) is 2. The fourth-order valence-corrected chi connectivity index (χ4v) is 1.75. The molecule has 7 heteroatoms. The Kier molecular flexibility index (Phi) is 3.71. The lowest BCUT2D eigenvalue weighted by atomic mass is 10.2. The lowest BCUT2D eigenvalue weighted by Crippen LogP contribution is -2.28. The van der Waals surface area contributed by atoms with E-state index in [4.69, 9.17) is 0 Å². The van der Waals surface area contributed by atoms with Crippen molar-refractivity contribution in [2.75, 3.05) is 0 Å². The molecule has 0 saturated carbocycles. The van der Waals surface area contributed by atoms with Crippen molar-refractivity contribution in [2.24, 2.45) is 7.05 Å². The lowest BCUT2D eigenvalue weighted by Gasteiger charge is -2.12. The minimum Gasteiger partial charge on any atom is -0.346 e. The normalized spacial score (nSPS) is 12.3. The molecule has 0 spiro atoms. The standard InChI is InChI=1S/C11H16N6O/c1-8(11-12-7-15-17(11)2)16-10(18)4-3-9-5-13-14-6-9/h5-8H,3-4H2,1-2H3,(H,13,14)(H,16,18)/t8-/m1/s1. The zero-order valence-corrected chi connectivity index (χ0v) is 10.4. The van der Waals surface area contributed by atoms with E-state index in [1.165, 1.54) is 6.33 Å². The Morgan fingerprint density at radius 3 is 3.06 bits per heavy atom. The van der Waals surface area contributed by atoms with Crippen LogP contribution < -0.4 is 5.32 Å². The van der Waals surface area contributed by atoms with Crippen molar-refractivity contribution in [2.45, 2.75) is 25.8 Å². The molecule has 2 aromatic rings. The molecule has 2 N–H and O–H groups in total. The molecular weight excluding hydrogens is 232 g/mol. The van der Waals surface area contributed by atoms with Crippen LogP contribution in [0.15, 0.2) is 18.7 Å². The van der Waals surface area contributed by atoms with Gasteiger partial charge < -0.3 is 5.32 Å². The summed E-state index contributed by atoms with van der Waals surface area (Å²) >= 11 is 0. The summed E-state index contributed by atoms with van der Waals surface area (Å²) in [6.45, 7) is 1.89. The Morgan fingerprint density at radius 2 is 2.44 bits per heavy atom. The van der Waals surface area contributed by atoms with Crippen molar-refractivity contribution in [1.82, 2.24) is 30.3 Å². The number of rotatable bonds is 5. The molecule has 18 heavy (non-hydrogen) atoms. The van der Waals surface area contributed by atoms with Crippen LogP contribution in [-0.4, -0.2) is 30.9 Å². The monoisotopic (exact) mass is 248 g/mol. The molecule has 0 saturated heterocycles. The number of aryl methyl sites for hydroxylation is 2. The first kappa shape index (κ1) is 12.3. The van der Waals surface area contributed by atoms with Gasteiger partial charge in [0.05, 0.1) is 12.2 Å². The van der Waals surface area contributed by atoms with Crippen LogP contribution in [0.25, 0.3) is 0 Å². The largest absolute Gasteiger partial charge is 0.346 e. The van der Waals surface area contributed by atoms with E-state index >= 15 is 0 Å². The topological polar surface area (TPSA) is 88.5 Å². The number of carbonyl (C=O) groups is 1. The predicted octanol–water partition coefficient (Wildman–Crippen LogP) is 0.348. The highest BCUT2D eigenvalue weighted by atomic mass is 16.1. The van der Waals surface area contributed by atoms with E-state index < -0.39 is 0 Å². The summed E-state index contributed by atoms with van der Waals surface area (Å²) in [7, 11) is 1.80. The van der Waals surface area contributed by atoms with Crippen LogP contribution in [-0.2, 0) is 18.3 Å². The molecule has 0 bridgehead atoms. The Hall–Kier alpha value is -2.18. The van der Waals surface area contributed by atoms with Gasteiger partial charge in [-0.15, -0.1) is 0 Å². The summed E-state index contributed by atoms with van der Waals surface area (Å²) < 4.78 is 1.65. The van der Waals surface area contributed by atoms with E-state index in [0.29, 0.717) is 12.8 Å². The molecule has 96 valence electrons. The van der Waals surface area contributed by atoms with E-state index in [9.17, 15) is 4.79 Å². The second-order valence-corrected chi connectivity index (χ2v) is 4.14. The van der Waals surface area contributed by atoms with Gasteiger partial charge in [0.1, 0.15) is 12.2 Å². The zero-order chi connectivity index (χ0) is 13.0. The zero-order valence-electron chi connectivity index (χ0n) is 10.4. The molecule has 2 rings (SSSR count). The van der Waals surface area contributed by atoms with Crippen LogP contribution >= 0.6 is 0 Å². The fraction of sp³-hybridized carbons (Fsp3) is 0.455. The van der Waals surface area contributed by atoms with E-state index in [1.54, 1.807) is 24.1 Å². The van der Waals surface area contributed by atoms with Gasteiger partial charge in [-0.25, -0.2) is 4.98 Å². The number of hydrogen-bond acceptors (Lipinski definition) is 4. The van der Waals surface area contributed by atoms with Gasteiger partial charge in [0, 0.05) is 19.7 Å². The molecular formula is C11H16N6O. The van der Waals surface area contributed by atoms with E-state index in [0.717, 1.165) is 11.4 Å². The van der Waals surface area contributed by atoms with Crippen molar-refractivity contribution in [1.29, 1.82) is 0 Å². The number of amides is 1. The number of hydrogen-bond donors (Lipinski definition) is 2. The van der Waals surface area contributed by atoms with Gasteiger partial charge in [-0.2, -0.15) is 10.2 Å². The van der Waals surface area contributed by atoms with Gasteiger partial charge in [0.2, 0.25) is 5.91 Å². The average molecular weight is 248 g/mol. The Labute approximate surface area is 105 Å². The number of H-pyrrole nitrogens is 1. The van der Waals surface area contributed by atoms with Crippen LogP contribution in [0.3, 0.4) is 0 Å². The molecule has 2 aromatic heterocycles. The Bertz CT molecular complexity index is 503. The highest BCUT2D eigenvalue weighted by Gasteiger charge is 2.13. The molecule has 0 fully saturated rings. The van der Waals surface area contributed by atoms with Gasteiger partial charge in [-0.3, -0.25) is 14.6 Å². The summed E-state index contributed by atoms with van der Waals surface area (Å²) in [6.07, 6.45) is 6.10. The third-order valence-electron chi connectivity index (χ3n) is 2.71. The molecule has 0 aliphatic rings. The van der Waals surface area contributed by atoms with Crippen LogP contribution in [0.4, 0.5) is 0 Å². The number of aromatic nitrogens is 5. The van der Waals surface area contributed by atoms with Crippen molar-refractivity contribution >= 4 is 5.91 Å². The minimum absolute atomic E-state index is 0.00769. The number of nitrogens with zero attached hydrogens (tertiary/aromatic N) is 4. The molecule has 7 nitrogen and oxygen atoms in total. The van der Waals surface area contributed by atoms with Gasteiger partial charge in [0.15, 0.2) is 0 Å². The van der Waals surface area contributed by atoms with Crippen LogP contribution in [0.5, 0.6) is 0 Å². The van der Waals surface area contributed by atoms with E-state index in [2.05, 4.69) is 25.6 Å². The first-order valence-corrected chi connectivity index (χ1v) is 5.77. The molecule has 0 radical (unpaired) electrons. The second kappa shape index (κ2) is 5.44. The Morgan fingerprint density at radius 1 is 1.61 bits per heavy atom. The smallest absolute Gasteiger partial charge is 0.220 e. The maximum absolute atomic E-state index is 11.8. The van der Waals surface area contributed by atoms with Crippen molar-refractivity contribution < 1.29 is 4.79 Å². The van der Waals surface area contributed by atoms with Crippen molar-refractivity contribution in [3.05, 3.63) is 30.1 Å². The SMILES string of the molecule is C[C@@H](NC(=O)CCc1cn[nH]c1)c1ncnn1C. The summed E-state index contributed by atoms with van der Waals surface area (Å²) in [5.74, 6) is 0.735. The van der Waals surface area contributed by atoms with E-state index in [1.807, 2.05) is 6.92 Å². The van der Waals surface area contributed by atoms with Crippen molar-refractivity contribution in [3.63, 3.8) is 0 Å². The third-order valence-corrected chi connectivity index (χ3v) is 2.71. The predicted molar refractivity (Wildman–Crippen MR) is 64.5 cm³/mol. The summed E-state index contributed by atoms with van der Waals surface area (Å²) in [4.78, 5) is 15.9. The van der Waals surface area contributed by atoms with Gasteiger partial charge in [0.25, 0.3) is 0 Å². The third kappa shape index (κ3) is 2.93. The highest BCUT2D eigenvalue weighted by molar-refractivity contribution is 5.76. The summed E-state index contributed by atoms with van der Waals surface area (Å²) in [5.41, 5.74) is 1.02. The summed E-state index contributed by atoms with van der Waals surface area (Å²) in [5, 5.41) is 13.4. The maximum atomic E-state index is 11.8. The first-order valence-electron chi connectivity index (χ1n) is 5.77. The molecule has 1 atom stereocenters. The Balaban J connectivity index is 1.82. The fourth-order valence-electron chi connectivity index (χ4n) is 1.75. The van der Waals surface area contributed by atoms with Crippen LogP contribution in [0, 0.1) is 0 Å². The van der Waals surface area contributed by atoms with Crippen molar-refractivity contribution in [3.8, 4) is 0 Å². The van der Waals surface area contributed by atoms with Gasteiger partial charge in [-0.1, -0.05) is 0 Å². The molecule has 2 heterocycles. The quantitative estimate of drug-likeness (QED) is 0.799. The van der Waals surface area contributed by atoms with Gasteiger partial charge >= 0.3 is 0 Å². The highest BCUT2D eigenvalue weighted by Crippen LogP contribution is 2.07. The maximum Gasteiger partial charge on any atom is 0.220 e. The average Bonchev–Trinajstić information content (AvgIpc) is 2.97. The lowest BCUT2D eigenvalue weighted by molar-refractivity contribution is -0.121. The van der Waals surface area contributed by atoms with Gasteiger partial charge in [-0.05, 0) is 18.9 Å². The van der Waals surface area contributed by atoms with Crippen LogP contribution in [0.1, 0.15) is 30.8 Å². The molecule has 0 aliphatic heterocycles. The molecule has 1 amide bonds. The van der Waals surface area contributed by atoms with E-state index in [-0.39, 0.29) is 11.9 Å². The van der Waals surface area contributed by atoms with Crippen LogP contribution in [0.2, 0.25) is 0 Å². The summed E-state index contributed by atoms with van der Waals surface area (Å²) in [6, 6.07) is -0.144. The number of aromatic amines is 1. The minimum atomic E-state index is -0.144. The number of carbonyl (C=O) groups excluding carboxylic acids is 1. The second-order valence-electron chi connectivity index (χ2n) is 4.14. The molecule has 0 aliphatic carbocycles. The first-order chi connectivity index (χ1) is 8.66.